The van der Waals surface area contributed by atoms with Crippen LogP contribution in [0.2, 0.25) is 0 Å². The van der Waals surface area contributed by atoms with Gasteiger partial charge in [0.25, 0.3) is 5.91 Å². The fourth-order valence-electron chi connectivity index (χ4n) is 2.92. The fraction of sp³-hybridized carbons (Fsp3) is 0.238. The standard InChI is InChI=1S/C21H18F2N2O3S/c22-17-6-1-14(11-18(17)23)12-28-16-4-2-15(3-5-16)20-24-19(13-29-20)21(26)25-7-9-27-10-8-25/h1-6,11,13H,7-10,12H2. The zero-order valence-corrected chi connectivity index (χ0v) is 16.3. The summed E-state index contributed by atoms with van der Waals surface area (Å²) in [6.45, 7) is 2.39. The van der Waals surface area contributed by atoms with Crippen molar-refractivity contribution in [3.05, 3.63) is 70.7 Å². The molecular formula is C21H18F2N2O3S. The lowest BCUT2D eigenvalue weighted by Crippen LogP contribution is -2.40. The van der Waals surface area contributed by atoms with E-state index in [4.69, 9.17) is 9.47 Å². The monoisotopic (exact) mass is 416 g/mol. The van der Waals surface area contributed by atoms with E-state index in [1.165, 1.54) is 17.4 Å². The Morgan fingerprint density at radius 2 is 1.86 bits per heavy atom. The van der Waals surface area contributed by atoms with Crippen LogP contribution in [0.3, 0.4) is 0 Å². The molecule has 1 saturated heterocycles. The molecule has 3 aromatic rings. The number of halogens is 2. The highest BCUT2D eigenvalue weighted by Crippen LogP contribution is 2.26. The van der Waals surface area contributed by atoms with Crippen LogP contribution in [0.15, 0.2) is 47.8 Å². The SMILES string of the molecule is O=C(c1csc(-c2ccc(OCc3ccc(F)c(F)c3)cc2)n1)N1CCOCC1. The zero-order chi connectivity index (χ0) is 20.2. The molecule has 8 heteroatoms. The Hall–Kier alpha value is -2.84. The number of rotatable bonds is 5. The van der Waals surface area contributed by atoms with Gasteiger partial charge >= 0.3 is 0 Å². The van der Waals surface area contributed by atoms with Crippen molar-refractivity contribution in [2.75, 3.05) is 26.3 Å². The normalized spacial score (nSPS) is 14.1. The number of carbonyl (C=O) groups excluding carboxylic acids is 1. The number of ether oxygens (including phenoxy) is 2. The molecule has 150 valence electrons. The Bertz CT molecular complexity index is 1000. The fourth-order valence-corrected chi connectivity index (χ4v) is 3.72. The highest BCUT2D eigenvalue weighted by atomic mass is 32.1. The van der Waals surface area contributed by atoms with Gasteiger partial charge in [-0.3, -0.25) is 4.79 Å². The molecule has 0 bridgehead atoms. The number of morpholine rings is 1. The highest BCUT2D eigenvalue weighted by molar-refractivity contribution is 7.13. The first kappa shape index (κ1) is 19.5. The first-order chi connectivity index (χ1) is 14.1. The number of carbonyl (C=O) groups is 1. The molecule has 1 aliphatic heterocycles. The second-order valence-electron chi connectivity index (χ2n) is 6.50. The van der Waals surface area contributed by atoms with E-state index in [1.54, 1.807) is 22.4 Å². The molecule has 5 nitrogen and oxygen atoms in total. The minimum Gasteiger partial charge on any atom is -0.489 e. The largest absolute Gasteiger partial charge is 0.489 e. The van der Waals surface area contributed by atoms with Gasteiger partial charge in [0.1, 0.15) is 23.1 Å². The number of benzene rings is 2. The molecule has 0 N–H and O–H groups in total. The molecule has 1 fully saturated rings. The van der Waals surface area contributed by atoms with Gasteiger partial charge in [0.2, 0.25) is 0 Å². The van der Waals surface area contributed by atoms with Gasteiger partial charge in [-0.1, -0.05) is 6.07 Å². The van der Waals surface area contributed by atoms with Crippen molar-refractivity contribution in [2.45, 2.75) is 6.61 Å². The van der Waals surface area contributed by atoms with Crippen molar-refractivity contribution in [3.8, 4) is 16.3 Å². The molecule has 0 unspecified atom stereocenters. The summed E-state index contributed by atoms with van der Waals surface area (Å²) >= 11 is 1.41. The molecule has 2 aromatic carbocycles. The van der Waals surface area contributed by atoms with Crippen LogP contribution in [-0.4, -0.2) is 42.1 Å². The van der Waals surface area contributed by atoms with Crippen LogP contribution in [0.4, 0.5) is 8.78 Å². The van der Waals surface area contributed by atoms with Crippen LogP contribution in [-0.2, 0) is 11.3 Å². The average molecular weight is 416 g/mol. The number of nitrogens with zero attached hydrogens (tertiary/aromatic N) is 2. The molecule has 0 spiro atoms. The summed E-state index contributed by atoms with van der Waals surface area (Å²) in [7, 11) is 0. The van der Waals surface area contributed by atoms with Crippen LogP contribution in [0.1, 0.15) is 16.1 Å². The third kappa shape index (κ3) is 4.60. The molecule has 2 heterocycles. The second-order valence-corrected chi connectivity index (χ2v) is 7.36. The Labute approximate surface area is 170 Å². The van der Waals surface area contributed by atoms with E-state index in [0.29, 0.717) is 43.3 Å². The summed E-state index contributed by atoms with van der Waals surface area (Å²) in [5, 5.41) is 2.51. The summed E-state index contributed by atoms with van der Waals surface area (Å²) in [6.07, 6.45) is 0. The Morgan fingerprint density at radius 3 is 2.59 bits per heavy atom. The molecular weight excluding hydrogens is 398 g/mol. The maximum Gasteiger partial charge on any atom is 0.273 e. The highest BCUT2D eigenvalue weighted by Gasteiger charge is 2.21. The van der Waals surface area contributed by atoms with E-state index in [9.17, 15) is 13.6 Å². The van der Waals surface area contributed by atoms with E-state index < -0.39 is 11.6 Å². The average Bonchev–Trinajstić information content (AvgIpc) is 3.25. The predicted molar refractivity (Wildman–Crippen MR) is 105 cm³/mol. The first-order valence-electron chi connectivity index (χ1n) is 9.10. The maximum absolute atomic E-state index is 13.3. The lowest BCUT2D eigenvalue weighted by atomic mass is 10.2. The molecule has 0 saturated carbocycles. The molecule has 0 aliphatic carbocycles. The molecule has 0 atom stereocenters. The zero-order valence-electron chi connectivity index (χ0n) is 15.4. The van der Waals surface area contributed by atoms with E-state index in [2.05, 4.69) is 4.98 Å². The Morgan fingerprint density at radius 1 is 1.10 bits per heavy atom. The maximum atomic E-state index is 13.3. The van der Waals surface area contributed by atoms with Crippen molar-refractivity contribution in [2.24, 2.45) is 0 Å². The predicted octanol–water partition coefficient (Wildman–Crippen LogP) is 4.14. The van der Waals surface area contributed by atoms with Gasteiger partial charge in [-0.25, -0.2) is 13.8 Å². The number of hydrogen-bond donors (Lipinski definition) is 0. The van der Waals surface area contributed by atoms with Crippen molar-refractivity contribution in [1.82, 2.24) is 9.88 Å². The molecule has 0 radical (unpaired) electrons. The lowest BCUT2D eigenvalue weighted by Gasteiger charge is -2.25. The summed E-state index contributed by atoms with van der Waals surface area (Å²) in [5.74, 6) is -1.26. The van der Waals surface area contributed by atoms with Gasteiger partial charge in [0.05, 0.1) is 13.2 Å². The molecule has 1 amide bonds. The van der Waals surface area contributed by atoms with Crippen LogP contribution in [0.5, 0.6) is 5.75 Å². The van der Waals surface area contributed by atoms with Gasteiger partial charge in [-0.2, -0.15) is 0 Å². The third-order valence-electron chi connectivity index (χ3n) is 4.51. The van der Waals surface area contributed by atoms with Crippen LogP contribution in [0, 0.1) is 11.6 Å². The van der Waals surface area contributed by atoms with E-state index in [-0.39, 0.29) is 12.5 Å². The van der Waals surface area contributed by atoms with Crippen molar-refractivity contribution in [3.63, 3.8) is 0 Å². The van der Waals surface area contributed by atoms with Gasteiger partial charge in [0.15, 0.2) is 11.6 Å². The summed E-state index contributed by atoms with van der Waals surface area (Å²) in [5.41, 5.74) is 1.85. The van der Waals surface area contributed by atoms with Crippen molar-refractivity contribution >= 4 is 17.2 Å². The smallest absolute Gasteiger partial charge is 0.273 e. The molecule has 1 aromatic heterocycles. The Kier molecular flexibility index (Phi) is 5.82. The van der Waals surface area contributed by atoms with Crippen molar-refractivity contribution in [1.29, 1.82) is 0 Å². The van der Waals surface area contributed by atoms with Gasteiger partial charge in [0, 0.05) is 24.0 Å². The molecule has 29 heavy (non-hydrogen) atoms. The first-order valence-corrected chi connectivity index (χ1v) is 9.98. The summed E-state index contributed by atoms with van der Waals surface area (Å²) < 4.78 is 37.1. The number of amides is 1. The van der Waals surface area contributed by atoms with E-state index >= 15 is 0 Å². The number of aromatic nitrogens is 1. The summed E-state index contributed by atoms with van der Waals surface area (Å²) in [4.78, 5) is 18.7. The number of thiazole rings is 1. The number of hydrogen-bond acceptors (Lipinski definition) is 5. The van der Waals surface area contributed by atoms with Crippen LogP contribution < -0.4 is 4.74 Å². The van der Waals surface area contributed by atoms with Crippen molar-refractivity contribution < 1.29 is 23.0 Å². The minimum atomic E-state index is -0.896. The van der Waals surface area contributed by atoms with E-state index in [0.717, 1.165) is 22.7 Å². The lowest BCUT2D eigenvalue weighted by molar-refractivity contribution is 0.0299. The van der Waals surface area contributed by atoms with E-state index in [1.807, 2.05) is 12.1 Å². The molecule has 4 rings (SSSR count). The van der Waals surface area contributed by atoms with Crippen LogP contribution in [0.25, 0.3) is 10.6 Å². The quantitative estimate of drug-likeness (QED) is 0.627. The van der Waals surface area contributed by atoms with Gasteiger partial charge < -0.3 is 14.4 Å². The van der Waals surface area contributed by atoms with Crippen LogP contribution >= 0.6 is 11.3 Å². The summed E-state index contributed by atoms with van der Waals surface area (Å²) in [6, 6.07) is 10.9. The van der Waals surface area contributed by atoms with Gasteiger partial charge in [-0.15, -0.1) is 11.3 Å². The minimum absolute atomic E-state index is 0.0812. The third-order valence-corrected chi connectivity index (χ3v) is 5.40. The topological polar surface area (TPSA) is 51.7 Å². The second kappa shape index (κ2) is 8.67. The van der Waals surface area contributed by atoms with Gasteiger partial charge in [-0.05, 0) is 42.0 Å². The molecule has 1 aliphatic rings. The Balaban J connectivity index is 1.39.